The summed E-state index contributed by atoms with van der Waals surface area (Å²) in [5, 5.41) is 0. The molecule has 0 aromatic heterocycles. The van der Waals surface area contributed by atoms with Gasteiger partial charge in [-0.1, -0.05) is 0 Å². The number of rotatable bonds is 2. The van der Waals surface area contributed by atoms with Crippen LogP contribution in [-0.4, -0.2) is 5.92 Å². The first-order valence-electron chi connectivity index (χ1n) is 2.31. The van der Waals surface area contributed by atoms with Gasteiger partial charge in [0.25, 0.3) is 6.08 Å². The molecular formula is C5H6F4. The standard InChI is InChI=1S/C5H6F4/c1-5(8,9)3-2-4(6)7/h2H,3H2,1H3. The molecule has 0 saturated heterocycles. The number of hydrogen-bond acceptors (Lipinski definition) is 0. The zero-order chi connectivity index (χ0) is 7.49. The molecule has 0 atom stereocenters. The molecule has 4 heteroatoms. The van der Waals surface area contributed by atoms with Gasteiger partial charge in [-0.25, -0.2) is 8.78 Å². The van der Waals surface area contributed by atoms with Crippen molar-refractivity contribution in [2.75, 3.05) is 0 Å². The molecule has 0 aromatic carbocycles. The van der Waals surface area contributed by atoms with Gasteiger partial charge in [-0.05, 0) is 13.0 Å². The van der Waals surface area contributed by atoms with Gasteiger partial charge in [0.05, 0.1) is 0 Å². The fourth-order valence-corrected chi connectivity index (χ4v) is 0.256. The molecule has 0 spiro atoms. The van der Waals surface area contributed by atoms with Crippen molar-refractivity contribution in [2.24, 2.45) is 0 Å². The highest BCUT2D eigenvalue weighted by molar-refractivity contribution is 4.84. The van der Waals surface area contributed by atoms with Crippen LogP contribution in [0.5, 0.6) is 0 Å². The Hall–Kier alpha value is -0.540. The average molecular weight is 142 g/mol. The van der Waals surface area contributed by atoms with E-state index in [-0.39, 0.29) is 6.08 Å². The van der Waals surface area contributed by atoms with Gasteiger partial charge in [0.2, 0.25) is 5.92 Å². The maximum Gasteiger partial charge on any atom is 0.266 e. The Bertz CT molecular complexity index is 107. The van der Waals surface area contributed by atoms with Crippen molar-refractivity contribution in [1.29, 1.82) is 0 Å². The predicted octanol–water partition coefficient (Wildman–Crippen LogP) is 2.81. The SMILES string of the molecule is CC(F)(F)CC=C(F)F. The summed E-state index contributed by atoms with van der Waals surface area (Å²) in [6, 6.07) is 0. The second kappa shape index (κ2) is 2.85. The molecule has 0 amide bonds. The maximum atomic E-state index is 11.7. The molecule has 0 saturated carbocycles. The van der Waals surface area contributed by atoms with E-state index in [0.29, 0.717) is 6.92 Å². The first-order chi connectivity index (χ1) is 3.92. The highest BCUT2D eigenvalue weighted by Gasteiger charge is 2.19. The lowest BCUT2D eigenvalue weighted by Gasteiger charge is -2.03. The number of halogens is 4. The molecular weight excluding hydrogens is 136 g/mol. The fourth-order valence-electron chi connectivity index (χ4n) is 0.256. The Balaban J connectivity index is 3.64. The van der Waals surface area contributed by atoms with Crippen LogP contribution in [0.1, 0.15) is 13.3 Å². The van der Waals surface area contributed by atoms with Crippen LogP contribution in [0.4, 0.5) is 17.6 Å². The van der Waals surface area contributed by atoms with E-state index in [1.807, 2.05) is 0 Å². The first kappa shape index (κ1) is 8.46. The second-order valence-corrected chi connectivity index (χ2v) is 1.77. The molecule has 0 aliphatic rings. The van der Waals surface area contributed by atoms with Crippen molar-refractivity contribution < 1.29 is 17.6 Å². The topological polar surface area (TPSA) is 0 Å². The van der Waals surface area contributed by atoms with Gasteiger partial charge in [0.1, 0.15) is 0 Å². The number of allylic oxidation sites excluding steroid dienone is 1. The fraction of sp³-hybridized carbons (Fsp3) is 0.600. The number of alkyl halides is 2. The van der Waals surface area contributed by atoms with Crippen LogP contribution in [0, 0.1) is 0 Å². The first-order valence-corrected chi connectivity index (χ1v) is 2.31. The summed E-state index contributed by atoms with van der Waals surface area (Å²) < 4.78 is 45.6. The maximum absolute atomic E-state index is 11.7. The van der Waals surface area contributed by atoms with Gasteiger partial charge in [0, 0.05) is 6.42 Å². The molecule has 0 N–H and O–H groups in total. The number of hydrogen-bond donors (Lipinski definition) is 0. The van der Waals surface area contributed by atoms with Crippen LogP contribution in [0.2, 0.25) is 0 Å². The summed E-state index contributed by atoms with van der Waals surface area (Å²) in [7, 11) is 0. The van der Waals surface area contributed by atoms with Crippen LogP contribution in [0.3, 0.4) is 0 Å². The lowest BCUT2D eigenvalue weighted by molar-refractivity contribution is 0.0245. The van der Waals surface area contributed by atoms with Gasteiger partial charge < -0.3 is 0 Å². The summed E-state index contributed by atoms with van der Waals surface area (Å²) in [5.41, 5.74) is 0. The molecule has 0 rings (SSSR count). The monoisotopic (exact) mass is 142 g/mol. The van der Waals surface area contributed by atoms with Gasteiger partial charge in [0.15, 0.2) is 0 Å². The second-order valence-electron chi connectivity index (χ2n) is 1.77. The summed E-state index contributed by atoms with van der Waals surface area (Å²) in [5.74, 6) is -3.02. The van der Waals surface area contributed by atoms with E-state index in [9.17, 15) is 17.6 Å². The molecule has 0 nitrogen and oxygen atoms in total. The molecule has 0 radical (unpaired) electrons. The lowest BCUT2D eigenvalue weighted by Crippen LogP contribution is -2.06. The zero-order valence-corrected chi connectivity index (χ0v) is 4.80. The van der Waals surface area contributed by atoms with E-state index in [0.717, 1.165) is 0 Å². The molecule has 0 bridgehead atoms. The molecule has 9 heavy (non-hydrogen) atoms. The Labute approximate surface area is 50.2 Å². The van der Waals surface area contributed by atoms with Crippen LogP contribution in [0.25, 0.3) is 0 Å². The van der Waals surface area contributed by atoms with Crippen LogP contribution < -0.4 is 0 Å². The smallest absolute Gasteiger partial charge is 0.207 e. The van der Waals surface area contributed by atoms with E-state index >= 15 is 0 Å². The molecule has 0 heterocycles. The van der Waals surface area contributed by atoms with Crippen LogP contribution in [0.15, 0.2) is 12.2 Å². The summed E-state index contributed by atoms with van der Waals surface area (Å²) in [6.45, 7) is 0.590. The molecule has 0 fully saturated rings. The van der Waals surface area contributed by atoms with E-state index in [2.05, 4.69) is 0 Å². The quantitative estimate of drug-likeness (QED) is 0.520. The van der Waals surface area contributed by atoms with Crippen molar-refractivity contribution in [2.45, 2.75) is 19.3 Å². The van der Waals surface area contributed by atoms with Crippen molar-refractivity contribution in [3.63, 3.8) is 0 Å². The molecule has 0 aliphatic carbocycles. The molecule has 0 unspecified atom stereocenters. The Morgan fingerprint density at radius 1 is 1.44 bits per heavy atom. The Morgan fingerprint density at radius 2 is 1.89 bits per heavy atom. The average Bonchev–Trinajstić information content (AvgIpc) is 1.59. The summed E-state index contributed by atoms with van der Waals surface area (Å²) >= 11 is 0. The minimum absolute atomic E-state index is 0.208. The third-order valence-electron chi connectivity index (χ3n) is 0.615. The largest absolute Gasteiger partial charge is 0.266 e. The third kappa shape index (κ3) is 7.46. The molecule has 0 aromatic rings. The van der Waals surface area contributed by atoms with E-state index in [4.69, 9.17) is 0 Å². The summed E-state index contributed by atoms with van der Waals surface area (Å²) in [6.07, 6.45) is -2.74. The van der Waals surface area contributed by atoms with Crippen molar-refractivity contribution in [3.05, 3.63) is 12.2 Å². The minimum Gasteiger partial charge on any atom is -0.207 e. The highest BCUT2D eigenvalue weighted by atomic mass is 19.3. The zero-order valence-electron chi connectivity index (χ0n) is 4.80. The van der Waals surface area contributed by atoms with Crippen molar-refractivity contribution >= 4 is 0 Å². The highest BCUT2D eigenvalue weighted by Crippen LogP contribution is 2.18. The molecule has 54 valence electrons. The van der Waals surface area contributed by atoms with Crippen LogP contribution >= 0.6 is 0 Å². The van der Waals surface area contributed by atoms with Gasteiger partial charge in [-0.2, -0.15) is 8.78 Å². The van der Waals surface area contributed by atoms with Gasteiger partial charge >= 0.3 is 0 Å². The van der Waals surface area contributed by atoms with Crippen molar-refractivity contribution in [1.82, 2.24) is 0 Å². The predicted molar refractivity (Wildman–Crippen MR) is 25.5 cm³/mol. The van der Waals surface area contributed by atoms with Gasteiger partial charge in [-0.3, -0.25) is 0 Å². The van der Waals surface area contributed by atoms with E-state index < -0.39 is 18.4 Å². The normalized spacial score (nSPS) is 11.2. The van der Waals surface area contributed by atoms with E-state index in [1.54, 1.807) is 0 Å². The summed E-state index contributed by atoms with van der Waals surface area (Å²) in [4.78, 5) is 0. The Morgan fingerprint density at radius 3 is 2.00 bits per heavy atom. The van der Waals surface area contributed by atoms with E-state index in [1.165, 1.54) is 0 Å². The molecule has 0 aliphatic heterocycles. The Kier molecular flexibility index (Phi) is 2.67. The lowest BCUT2D eigenvalue weighted by atomic mass is 10.3. The van der Waals surface area contributed by atoms with Crippen LogP contribution in [-0.2, 0) is 0 Å². The van der Waals surface area contributed by atoms with Crippen molar-refractivity contribution in [3.8, 4) is 0 Å². The van der Waals surface area contributed by atoms with Gasteiger partial charge in [-0.15, -0.1) is 0 Å². The minimum atomic E-state index is -3.02. The third-order valence-corrected chi connectivity index (χ3v) is 0.615.